The van der Waals surface area contributed by atoms with Crippen LogP contribution in [0.1, 0.15) is 31.1 Å². The van der Waals surface area contributed by atoms with Gasteiger partial charge in [0.15, 0.2) is 5.16 Å². The van der Waals surface area contributed by atoms with Crippen molar-refractivity contribution in [2.45, 2.75) is 37.9 Å². The van der Waals surface area contributed by atoms with Crippen molar-refractivity contribution in [1.29, 1.82) is 0 Å². The van der Waals surface area contributed by atoms with Crippen LogP contribution in [0.5, 0.6) is 0 Å². The third-order valence-corrected chi connectivity index (χ3v) is 5.95. The molecule has 0 saturated carbocycles. The highest BCUT2D eigenvalue weighted by molar-refractivity contribution is 7.99. The van der Waals surface area contributed by atoms with Crippen LogP contribution in [0.3, 0.4) is 0 Å². The lowest BCUT2D eigenvalue weighted by molar-refractivity contribution is -0.113. The van der Waals surface area contributed by atoms with E-state index in [-0.39, 0.29) is 11.7 Å². The predicted molar refractivity (Wildman–Crippen MR) is 114 cm³/mol. The third kappa shape index (κ3) is 4.64. The van der Waals surface area contributed by atoms with Gasteiger partial charge in [0.25, 0.3) is 0 Å². The lowest BCUT2D eigenvalue weighted by atomic mass is 10.1. The smallest absolute Gasteiger partial charge is 0.234 e. The highest BCUT2D eigenvalue weighted by atomic mass is 32.2. The van der Waals surface area contributed by atoms with Crippen molar-refractivity contribution in [2.75, 3.05) is 29.1 Å². The molecule has 0 atom stereocenters. The first-order valence-corrected chi connectivity index (χ1v) is 10.9. The molecule has 1 aliphatic rings. The highest BCUT2D eigenvalue weighted by Crippen LogP contribution is 2.26. The minimum Gasteiger partial charge on any atom is -0.467 e. The van der Waals surface area contributed by atoms with E-state index >= 15 is 0 Å². The zero-order chi connectivity index (χ0) is 20.1. The maximum absolute atomic E-state index is 12.5. The molecule has 1 aromatic carbocycles. The van der Waals surface area contributed by atoms with Gasteiger partial charge in [-0.1, -0.05) is 36.9 Å². The van der Waals surface area contributed by atoms with E-state index in [1.807, 2.05) is 41.0 Å². The Morgan fingerprint density at radius 2 is 2.00 bits per heavy atom. The number of amides is 1. The molecule has 7 nitrogen and oxygen atoms in total. The summed E-state index contributed by atoms with van der Waals surface area (Å²) in [6, 6.07) is 11.7. The topological polar surface area (TPSA) is 76.2 Å². The highest BCUT2D eigenvalue weighted by Gasteiger charge is 2.22. The average molecular weight is 412 g/mol. The number of nitrogens with zero attached hydrogens (tertiary/aromatic N) is 4. The first-order valence-electron chi connectivity index (χ1n) is 9.95. The van der Waals surface area contributed by atoms with Crippen molar-refractivity contribution in [3.63, 3.8) is 0 Å². The quantitative estimate of drug-likeness (QED) is 0.568. The minimum absolute atomic E-state index is 0.0498. The van der Waals surface area contributed by atoms with Gasteiger partial charge in [-0.3, -0.25) is 9.36 Å². The number of anilines is 2. The molecule has 1 N–H and O–H groups in total. The Bertz CT molecular complexity index is 948. The summed E-state index contributed by atoms with van der Waals surface area (Å²) in [7, 11) is 0. The van der Waals surface area contributed by atoms with E-state index in [1.54, 1.807) is 6.26 Å². The molecule has 0 spiro atoms. The lowest BCUT2D eigenvalue weighted by Crippen LogP contribution is -2.23. The molecule has 3 aromatic rings. The fraction of sp³-hybridized carbons (Fsp3) is 0.381. The van der Waals surface area contributed by atoms with Crippen LogP contribution in [0, 0.1) is 0 Å². The van der Waals surface area contributed by atoms with E-state index in [2.05, 4.69) is 27.3 Å². The summed E-state index contributed by atoms with van der Waals surface area (Å²) in [4.78, 5) is 14.8. The Labute approximate surface area is 174 Å². The monoisotopic (exact) mass is 411 g/mol. The molecule has 1 fully saturated rings. The number of rotatable bonds is 8. The van der Waals surface area contributed by atoms with Crippen molar-refractivity contribution in [3.05, 3.63) is 54.0 Å². The summed E-state index contributed by atoms with van der Waals surface area (Å²) < 4.78 is 7.57. The van der Waals surface area contributed by atoms with Gasteiger partial charge >= 0.3 is 0 Å². The van der Waals surface area contributed by atoms with Crippen LogP contribution in [0.4, 0.5) is 11.6 Å². The van der Waals surface area contributed by atoms with E-state index in [1.165, 1.54) is 11.8 Å². The van der Waals surface area contributed by atoms with Crippen molar-refractivity contribution in [2.24, 2.45) is 0 Å². The second-order valence-corrected chi connectivity index (χ2v) is 7.93. The Hall–Kier alpha value is -2.74. The van der Waals surface area contributed by atoms with Gasteiger partial charge in [-0.2, -0.15) is 0 Å². The van der Waals surface area contributed by atoms with Crippen LogP contribution in [0.25, 0.3) is 0 Å². The number of hydrogen-bond acceptors (Lipinski definition) is 6. The number of aromatic nitrogens is 3. The second kappa shape index (κ2) is 9.17. The third-order valence-electron chi connectivity index (χ3n) is 4.98. The summed E-state index contributed by atoms with van der Waals surface area (Å²) in [5.41, 5.74) is 2.00. The first-order chi connectivity index (χ1) is 14.2. The number of hydrogen-bond donors (Lipinski definition) is 1. The van der Waals surface area contributed by atoms with Gasteiger partial charge in [0.1, 0.15) is 5.76 Å². The second-order valence-electron chi connectivity index (χ2n) is 6.99. The summed E-state index contributed by atoms with van der Waals surface area (Å²) in [6.07, 6.45) is 4.87. The van der Waals surface area contributed by atoms with E-state index in [0.717, 1.165) is 60.5 Å². The fourth-order valence-electron chi connectivity index (χ4n) is 3.50. The zero-order valence-corrected chi connectivity index (χ0v) is 17.3. The van der Waals surface area contributed by atoms with Gasteiger partial charge in [-0.15, -0.1) is 10.2 Å². The standard InChI is InChI=1S/C21H25N5O2S/c1-2-16-8-3-4-10-18(16)22-19(27)15-29-21-24-23-20(25-11-5-6-12-25)26(21)14-17-9-7-13-28-17/h3-4,7-10,13H,2,5-6,11-12,14-15H2,1H3,(H,22,27). The molecule has 1 amide bonds. The molecule has 4 rings (SSSR count). The molecular formula is C21H25N5O2S. The maximum atomic E-state index is 12.5. The normalized spacial score (nSPS) is 13.8. The molecule has 1 saturated heterocycles. The van der Waals surface area contributed by atoms with Crippen LogP contribution in [-0.4, -0.2) is 39.5 Å². The van der Waals surface area contributed by atoms with Crippen molar-refractivity contribution in [3.8, 4) is 0 Å². The van der Waals surface area contributed by atoms with Gasteiger partial charge in [0.05, 0.1) is 18.6 Å². The molecule has 0 unspecified atom stereocenters. The molecule has 3 heterocycles. The number of carbonyl (C=O) groups excluding carboxylic acids is 1. The molecule has 29 heavy (non-hydrogen) atoms. The summed E-state index contributed by atoms with van der Waals surface area (Å²) in [5, 5.41) is 12.5. The zero-order valence-electron chi connectivity index (χ0n) is 16.5. The Kier molecular flexibility index (Phi) is 6.19. The number of furan rings is 1. The lowest BCUT2D eigenvalue weighted by Gasteiger charge is -2.17. The SMILES string of the molecule is CCc1ccccc1NC(=O)CSc1nnc(N2CCCC2)n1Cc1ccco1. The van der Waals surface area contributed by atoms with E-state index in [9.17, 15) is 4.79 Å². The van der Waals surface area contributed by atoms with Crippen LogP contribution in [-0.2, 0) is 17.8 Å². The van der Waals surface area contributed by atoms with Gasteiger partial charge in [-0.05, 0) is 43.0 Å². The molecule has 1 aliphatic heterocycles. The van der Waals surface area contributed by atoms with Crippen molar-refractivity contribution < 1.29 is 9.21 Å². The largest absolute Gasteiger partial charge is 0.467 e. The molecular weight excluding hydrogens is 386 g/mol. The van der Waals surface area contributed by atoms with Crippen LogP contribution in [0.15, 0.2) is 52.2 Å². The number of carbonyl (C=O) groups is 1. The summed E-state index contributed by atoms with van der Waals surface area (Å²) in [5.74, 6) is 1.91. The van der Waals surface area contributed by atoms with E-state index in [0.29, 0.717) is 6.54 Å². The Morgan fingerprint density at radius 1 is 1.17 bits per heavy atom. The molecule has 2 aromatic heterocycles. The summed E-state index contributed by atoms with van der Waals surface area (Å²) >= 11 is 1.40. The van der Waals surface area contributed by atoms with Crippen molar-refractivity contribution >= 4 is 29.3 Å². The Morgan fingerprint density at radius 3 is 2.76 bits per heavy atom. The molecule has 0 bridgehead atoms. The maximum Gasteiger partial charge on any atom is 0.234 e. The number of para-hydroxylation sites is 1. The molecule has 8 heteroatoms. The van der Waals surface area contributed by atoms with Gasteiger partial charge in [-0.25, -0.2) is 0 Å². The molecule has 0 radical (unpaired) electrons. The van der Waals surface area contributed by atoms with E-state index < -0.39 is 0 Å². The van der Waals surface area contributed by atoms with Crippen molar-refractivity contribution in [1.82, 2.24) is 14.8 Å². The Balaban J connectivity index is 1.47. The predicted octanol–water partition coefficient (Wildman–Crippen LogP) is 3.81. The van der Waals surface area contributed by atoms with E-state index in [4.69, 9.17) is 4.42 Å². The average Bonchev–Trinajstić information content (AvgIpc) is 3.50. The van der Waals surface area contributed by atoms with Gasteiger partial charge in [0.2, 0.25) is 11.9 Å². The number of thioether (sulfide) groups is 1. The molecule has 152 valence electrons. The van der Waals surface area contributed by atoms with Crippen LogP contribution >= 0.6 is 11.8 Å². The summed E-state index contributed by atoms with van der Waals surface area (Å²) in [6.45, 7) is 4.59. The fourth-order valence-corrected chi connectivity index (χ4v) is 4.24. The number of benzene rings is 1. The van der Waals surface area contributed by atoms with Gasteiger partial charge in [0, 0.05) is 18.8 Å². The van der Waals surface area contributed by atoms with Crippen LogP contribution < -0.4 is 10.2 Å². The molecule has 0 aliphatic carbocycles. The number of nitrogens with one attached hydrogen (secondary N) is 1. The van der Waals surface area contributed by atoms with Crippen LogP contribution in [0.2, 0.25) is 0 Å². The van der Waals surface area contributed by atoms with Gasteiger partial charge < -0.3 is 14.6 Å². The number of aryl methyl sites for hydroxylation is 1. The minimum atomic E-state index is -0.0498. The first kappa shape index (κ1) is 19.6.